The van der Waals surface area contributed by atoms with Gasteiger partial charge in [-0.05, 0) is 27.6 Å². The van der Waals surface area contributed by atoms with Crippen LogP contribution in [0.15, 0.2) is 46.9 Å². The van der Waals surface area contributed by atoms with E-state index >= 15 is 0 Å². The second-order valence-electron chi connectivity index (χ2n) is 4.30. The number of carbonyl (C=O) groups is 1. The quantitative estimate of drug-likeness (QED) is 0.458. The first-order valence-corrected chi connectivity index (χ1v) is 7.05. The molecule has 0 aliphatic heterocycles. The zero-order chi connectivity index (χ0) is 16.1. The van der Waals surface area contributed by atoms with Crippen LogP contribution in [0.5, 0.6) is 5.75 Å². The molecule has 0 radical (unpaired) electrons. The van der Waals surface area contributed by atoms with Crippen molar-refractivity contribution in [1.82, 2.24) is 0 Å². The predicted molar refractivity (Wildman–Crippen MR) is 82.9 cm³/mol. The van der Waals surface area contributed by atoms with Crippen molar-refractivity contribution >= 4 is 27.6 Å². The minimum Gasteiger partial charge on any atom is -0.481 e. The number of hydrogen-bond acceptors (Lipinski definition) is 5. The van der Waals surface area contributed by atoms with Gasteiger partial charge in [0.25, 0.3) is 0 Å². The van der Waals surface area contributed by atoms with Gasteiger partial charge in [0.15, 0.2) is 0 Å². The van der Waals surface area contributed by atoms with E-state index in [2.05, 4.69) is 20.7 Å². The molecule has 0 saturated heterocycles. The zero-order valence-electron chi connectivity index (χ0n) is 11.6. The minimum absolute atomic E-state index is 0.00301. The molecule has 2 aromatic carbocycles. The number of esters is 1. The van der Waals surface area contributed by atoms with Gasteiger partial charge in [0.1, 0.15) is 6.61 Å². The van der Waals surface area contributed by atoms with Crippen LogP contribution in [0.2, 0.25) is 0 Å². The SMILES string of the molecule is COC(=O)c1ccc([N+](=O)[O-])c(OCc2ccccc2)c1Br. The monoisotopic (exact) mass is 365 g/mol. The second-order valence-corrected chi connectivity index (χ2v) is 5.09. The van der Waals surface area contributed by atoms with E-state index in [4.69, 9.17) is 4.74 Å². The second kappa shape index (κ2) is 7.04. The maximum Gasteiger partial charge on any atom is 0.339 e. The summed E-state index contributed by atoms with van der Waals surface area (Å²) < 4.78 is 10.4. The van der Waals surface area contributed by atoms with Gasteiger partial charge in [-0.15, -0.1) is 0 Å². The molecule has 114 valence electrons. The zero-order valence-corrected chi connectivity index (χ0v) is 13.2. The largest absolute Gasteiger partial charge is 0.481 e. The standard InChI is InChI=1S/C15H12BrNO5/c1-21-15(18)11-7-8-12(17(19)20)14(13(11)16)22-9-10-5-3-2-4-6-10/h2-8H,9H2,1H3. The number of rotatable bonds is 5. The smallest absolute Gasteiger partial charge is 0.339 e. The van der Waals surface area contributed by atoms with Crippen LogP contribution in [-0.2, 0) is 11.3 Å². The lowest BCUT2D eigenvalue weighted by Crippen LogP contribution is -2.06. The van der Waals surface area contributed by atoms with Crippen LogP contribution < -0.4 is 4.74 Å². The number of nitro groups is 1. The third-order valence-corrected chi connectivity index (χ3v) is 3.69. The lowest BCUT2D eigenvalue weighted by molar-refractivity contribution is -0.386. The van der Waals surface area contributed by atoms with E-state index in [0.29, 0.717) is 0 Å². The van der Waals surface area contributed by atoms with Gasteiger partial charge in [0, 0.05) is 6.07 Å². The molecule has 0 unspecified atom stereocenters. The van der Waals surface area contributed by atoms with Crippen LogP contribution >= 0.6 is 15.9 Å². The van der Waals surface area contributed by atoms with Crippen LogP contribution in [0.1, 0.15) is 15.9 Å². The average molecular weight is 366 g/mol. The molecule has 0 aliphatic rings. The van der Waals surface area contributed by atoms with Crippen LogP contribution in [0.4, 0.5) is 5.69 Å². The molecule has 7 heteroatoms. The first kappa shape index (κ1) is 16.0. The van der Waals surface area contributed by atoms with Gasteiger partial charge >= 0.3 is 11.7 Å². The molecular formula is C15H12BrNO5. The number of nitro benzene ring substituents is 1. The summed E-state index contributed by atoms with van der Waals surface area (Å²) in [5.74, 6) is -0.608. The highest BCUT2D eigenvalue weighted by Crippen LogP contribution is 2.38. The molecule has 6 nitrogen and oxygen atoms in total. The van der Waals surface area contributed by atoms with Gasteiger partial charge in [-0.2, -0.15) is 0 Å². The van der Waals surface area contributed by atoms with Crippen LogP contribution in [0.3, 0.4) is 0 Å². The van der Waals surface area contributed by atoms with Gasteiger partial charge in [-0.3, -0.25) is 10.1 Å². The molecule has 0 heterocycles. The fourth-order valence-electron chi connectivity index (χ4n) is 1.82. The van der Waals surface area contributed by atoms with E-state index in [9.17, 15) is 14.9 Å². The van der Waals surface area contributed by atoms with Gasteiger partial charge in [-0.1, -0.05) is 30.3 Å². The summed E-state index contributed by atoms with van der Waals surface area (Å²) in [6.07, 6.45) is 0. The molecule has 2 aromatic rings. The Bertz CT molecular complexity index is 703. The maximum absolute atomic E-state index is 11.7. The van der Waals surface area contributed by atoms with Crippen molar-refractivity contribution in [3.8, 4) is 5.75 Å². The van der Waals surface area contributed by atoms with Crippen LogP contribution in [0, 0.1) is 10.1 Å². The number of halogens is 1. The summed E-state index contributed by atoms with van der Waals surface area (Å²) in [5.41, 5.74) is 0.791. The molecule has 0 amide bonds. The molecule has 0 aromatic heterocycles. The molecule has 0 N–H and O–H groups in total. The summed E-state index contributed by atoms with van der Waals surface area (Å²) in [4.78, 5) is 22.2. The molecule has 0 bridgehead atoms. The van der Waals surface area contributed by atoms with Gasteiger partial charge in [0.05, 0.1) is 22.1 Å². The Balaban J connectivity index is 2.38. The summed E-state index contributed by atoms with van der Waals surface area (Å²) in [6, 6.07) is 11.8. The maximum atomic E-state index is 11.7. The molecule has 2 rings (SSSR count). The molecule has 0 aliphatic carbocycles. The minimum atomic E-state index is -0.605. The Kier molecular flexibility index (Phi) is 5.11. The summed E-state index contributed by atoms with van der Waals surface area (Å²) >= 11 is 3.19. The lowest BCUT2D eigenvalue weighted by atomic mass is 10.2. The highest BCUT2D eigenvalue weighted by Gasteiger charge is 2.24. The normalized spacial score (nSPS) is 10.1. The highest BCUT2D eigenvalue weighted by molar-refractivity contribution is 9.10. The molecule has 0 saturated carbocycles. The van der Waals surface area contributed by atoms with Crippen molar-refractivity contribution in [2.45, 2.75) is 6.61 Å². The molecule has 0 fully saturated rings. The van der Waals surface area contributed by atoms with E-state index < -0.39 is 10.9 Å². The van der Waals surface area contributed by atoms with Gasteiger partial charge in [-0.25, -0.2) is 4.79 Å². The fraction of sp³-hybridized carbons (Fsp3) is 0.133. The Morgan fingerprint density at radius 1 is 1.23 bits per heavy atom. The number of nitrogens with zero attached hydrogens (tertiary/aromatic N) is 1. The summed E-state index contributed by atoms with van der Waals surface area (Å²) in [6.45, 7) is 0.144. The van der Waals surface area contributed by atoms with Crippen molar-refractivity contribution in [1.29, 1.82) is 0 Å². The number of carbonyl (C=O) groups excluding carboxylic acids is 1. The van der Waals surface area contributed by atoms with Crippen molar-refractivity contribution in [3.05, 3.63) is 68.2 Å². The Labute approximate surface area is 134 Å². The fourth-order valence-corrected chi connectivity index (χ4v) is 2.44. The molecule has 22 heavy (non-hydrogen) atoms. The molecular weight excluding hydrogens is 354 g/mol. The highest BCUT2D eigenvalue weighted by atomic mass is 79.9. The number of benzene rings is 2. The van der Waals surface area contributed by atoms with E-state index in [1.165, 1.54) is 19.2 Å². The van der Waals surface area contributed by atoms with Crippen molar-refractivity contribution in [2.24, 2.45) is 0 Å². The molecule has 0 spiro atoms. The number of hydrogen-bond donors (Lipinski definition) is 0. The van der Waals surface area contributed by atoms with Crippen LogP contribution in [0.25, 0.3) is 0 Å². The van der Waals surface area contributed by atoms with Gasteiger partial charge < -0.3 is 9.47 Å². The van der Waals surface area contributed by atoms with Gasteiger partial charge in [0.2, 0.25) is 5.75 Å². The van der Waals surface area contributed by atoms with Crippen molar-refractivity contribution in [3.63, 3.8) is 0 Å². The number of methoxy groups -OCH3 is 1. The van der Waals surface area contributed by atoms with Crippen molar-refractivity contribution < 1.29 is 19.2 Å². The summed E-state index contributed by atoms with van der Waals surface area (Å²) in [5, 5.41) is 11.1. The first-order valence-electron chi connectivity index (χ1n) is 6.26. The van der Waals surface area contributed by atoms with E-state index in [-0.39, 0.29) is 28.1 Å². The Morgan fingerprint density at radius 3 is 2.50 bits per heavy atom. The Hall–Kier alpha value is -2.41. The summed E-state index contributed by atoms with van der Waals surface area (Å²) in [7, 11) is 1.24. The average Bonchev–Trinajstić information content (AvgIpc) is 2.53. The molecule has 0 atom stereocenters. The first-order chi connectivity index (χ1) is 10.5. The van der Waals surface area contributed by atoms with Crippen molar-refractivity contribution in [2.75, 3.05) is 7.11 Å². The lowest BCUT2D eigenvalue weighted by Gasteiger charge is -2.11. The predicted octanol–water partition coefficient (Wildman–Crippen LogP) is 3.72. The Morgan fingerprint density at radius 2 is 1.91 bits per heavy atom. The van der Waals surface area contributed by atoms with E-state index in [1.54, 1.807) is 0 Å². The third kappa shape index (κ3) is 3.43. The third-order valence-electron chi connectivity index (χ3n) is 2.90. The van der Waals surface area contributed by atoms with E-state index in [1.807, 2.05) is 30.3 Å². The topological polar surface area (TPSA) is 78.7 Å². The van der Waals surface area contributed by atoms with E-state index in [0.717, 1.165) is 5.56 Å². The van der Waals surface area contributed by atoms with Crippen LogP contribution in [-0.4, -0.2) is 18.0 Å². The number of ether oxygens (including phenoxy) is 2.